The first-order chi connectivity index (χ1) is 16.4. The molecule has 194 valence electrons. The molecule has 0 atom stereocenters. The average molecular weight is 481 g/mol. The molecule has 1 heterocycles. The van der Waals surface area contributed by atoms with E-state index in [4.69, 9.17) is 52.5 Å². The molecule has 1 rings (SSSR count). The molecular formula is C22H40O11. The van der Waals surface area contributed by atoms with Crippen LogP contribution in [-0.2, 0) is 51.1 Å². The predicted molar refractivity (Wildman–Crippen MR) is 117 cm³/mol. The molecule has 33 heavy (non-hydrogen) atoms. The summed E-state index contributed by atoms with van der Waals surface area (Å²) in [5.74, 6) is 1.47. The molecule has 0 saturated carbocycles. The number of ether oxygens (including phenoxy) is 8. The van der Waals surface area contributed by atoms with Gasteiger partial charge in [0.2, 0.25) is 0 Å². The Labute approximate surface area is 195 Å². The summed E-state index contributed by atoms with van der Waals surface area (Å²) in [4.78, 5) is 0. The lowest BCUT2D eigenvalue weighted by Crippen LogP contribution is -2.12. The molecule has 1 aromatic heterocycles. The number of aliphatic hydroxyl groups excluding tert-OH is 2. The van der Waals surface area contributed by atoms with Gasteiger partial charge in [0.25, 0.3) is 0 Å². The van der Waals surface area contributed by atoms with Crippen LogP contribution in [0.15, 0.2) is 16.5 Å². The van der Waals surface area contributed by atoms with Gasteiger partial charge in [-0.15, -0.1) is 0 Å². The number of furan rings is 1. The van der Waals surface area contributed by atoms with Crippen LogP contribution in [-0.4, -0.2) is 116 Å². The van der Waals surface area contributed by atoms with Gasteiger partial charge in [0.15, 0.2) is 0 Å². The maximum absolute atomic E-state index is 8.56. The van der Waals surface area contributed by atoms with Crippen LogP contribution in [0, 0.1) is 0 Å². The van der Waals surface area contributed by atoms with E-state index in [2.05, 4.69) is 0 Å². The van der Waals surface area contributed by atoms with Crippen molar-refractivity contribution in [1.29, 1.82) is 0 Å². The van der Waals surface area contributed by atoms with Crippen molar-refractivity contribution in [1.82, 2.24) is 0 Å². The monoisotopic (exact) mass is 480 g/mol. The van der Waals surface area contributed by atoms with Gasteiger partial charge in [-0.1, -0.05) is 0 Å². The fourth-order valence-electron chi connectivity index (χ4n) is 2.37. The fraction of sp³-hybridized carbons (Fsp3) is 0.818. The summed E-state index contributed by atoms with van der Waals surface area (Å²) in [6, 6.07) is 3.73. The quantitative estimate of drug-likeness (QED) is 0.179. The molecule has 0 aliphatic carbocycles. The molecule has 0 spiro atoms. The maximum atomic E-state index is 8.56. The summed E-state index contributed by atoms with van der Waals surface area (Å²) in [5.41, 5.74) is 0. The zero-order valence-corrected chi connectivity index (χ0v) is 19.5. The first-order valence-corrected chi connectivity index (χ1v) is 11.3. The summed E-state index contributed by atoms with van der Waals surface area (Å²) in [6.07, 6.45) is 0. The topological polar surface area (TPSA) is 127 Å². The number of rotatable bonds is 26. The van der Waals surface area contributed by atoms with Gasteiger partial charge in [-0.3, -0.25) is 0 Å². The fourth-order valence-corrected chi connectivity index (χ4v) is 2.37. The molecule has 0 aliphatic heterocycles. The summed E-state index contributed by atoms with van der Waals surface area (Å²) >= 11 is 0. The van der Waals surface area contributed by atoms with Gasteiger partial charge in [-0.2, -0.15) is 0 Å². The first kappa shape index (κ1) is 29.9. The highest BCUT2D eigenvalue weighted by molar-refractivity contribution is 5.05. The molecule has 0 fully saturated rings. The lowest BCUT2D eigenvalue weighted by molar-refractivity contribution is -0.0110. The van der Waals surface area contributed by atoms with Crippen molar-refractivity contribution in [3.05, 3.63) is 23.7 Å². The van der Waals surface area contributed by atoms with Crippen LogP contribution in [0.1, 0.15) is 11.5 Å². The SMILES string of the molecule is OCCOCCOCCOCCOCc1ccc(COCCOCCOCCOCCO)o1. The Hall–Kier alpha value is -1.12. The van der Waals surface area contributed by atoms with Crippen LogP contribution in [0.3, 0.4) is 0 Å². The normalized spacial score (nSPS) is 11.5. The van der Waals surface area contributed by atoms with Crippen molar-refractivity contribution in [2.24, 2.45) is 0 Å². The van der Waals surface area contributed by atoms with E-state index in [1.807, 2.05) is 12.1 Å². The average Bonchev–Trinajstić information content (AvgIpc) is 3.28. The van der Waals surface area contributed by atoms with Crippen LogP contribution in [0.4, 0.5) is 0 Å². The molecule has 2 N–H and O–H groups in total. The van der Waals surface area contributed by atoms with E-state index in [1.54, 1.807) is 0 Å². The van der Waals surface area contributed by atoms with Crippen LogP contribution in [0.5, 0.6) is 0 Å². The van der Waals surface area contributed by atoms with Gasteiger partial charge in [0, 0.05) is 0 Å². The molecule has 11 nitrogen and oxygen atoms in total. The minimum atomic E-state index is 0.0222. The van der Waals surface area contributed by atoms with E-state index in [0.717, 1.165) is 11.5 Å². The first-order valence-electron chi connectivity index (χ1n) is 11.3. The van der Waals surface area contributed by atoms with Gasteiger partial charge >= 0.3 is 0 Å². The van der Waals surface area contributed by atoms with E-state index in [-0.39, 0.29) is 13.2 Å². The number of aliphatic hydroxyl groups is 2. The van der Waals surface area contributed by atoms with Crippen molar-refractivity contribution < 1.29 is 52.5 Å². The molecular weight excluding hydrogens is 440 g/mol. The predicted octanol–water partition coefficient (Wildman–Crippen LogP) is 0.397. The summed E-state index contributed by atoms with van der Waals surface area (Å²) < 4.78 is 48.3. The molecule has 0 saturated heterocycles. The van der Waals surface area contributed by atoms with E-state index in [9.17, 15) is 0 Å². The Morgan fingerprint density at radius 3 is 1.00 bits per heavy atom. The van der Waals surface area contributed by atoms with Crippen molar-refractivity contribution in [3.63, 3.8) is 0 Å². The molecule has 0 bridgehead atoms. The number of hydrogen-bond acceptors (Lipinski definition) is 11. The minimum Gasteiger partial charge on any atom is -0.461 e. The molecule has 0 aromatic carbocycles. The summed E-state index contributed by atoms with van der Waals surface area (Å²) in [7, 11) is 0. The lowest BCUT2D eigenvalue weighted by Gasteiger charge is -2.07. The van der Waals surface area contributed by atoms with Crippen molar-refractivity contribution in [3.8, 4) is 0 Å². The molecule has 0 unspecified atom stereocenters. The van der Waals surface area contributed by atoms with Crippen LogP contribution >= 0.6 is 0 Å². The highest BCUT2D eigenvalue weighted by Gasteiger charge is 2.03. The number of hydrogen-bond donors (Lipinski definition) is 2. The van der Waals surface area contributed by atoms with Crippen LogP contribution in [0.2, 0.25) is 0 Å². The largest absolute Gasteiger partial charge is 0.461 e. The van der Waals surface area contributed by atoms with E-state index in [1.165, 1.54) is 0 Å². The second kappa shape index (κ2) is 24.0. The highest BCUT2D eigenvalue weighted by Crippen LogP contribution is 2.10. The van der Waals surface area contributed by atoms with Gasteiger partial charge in [0.1, 0.15) is 24.7 Å². The second-order valence-electron chi connectivity index (χ2n) is 6.59. The molecule has 1 aromatic rings. The Balaban J connectivity index is 1.84. The molecule has 0 aliphatic rings. The Kier molecular flexibility index (Phi) is 21.8. The van der Waals surface area contributed by atoms with E-state index >= 15 is 0 Å². The van der Waals surface area contributed by atoms with Gasteiger partial charge in [-0.05, 0) is 12.1 Å². The maximum Gasteiger partial charge on any atom is 0.129 e. The zero-order valence-electron chi connectivity index (χ0n) is 19.5. The molecule has 0 radical (unpaired) electrons. The second-order valence-corrected chi connectivity index (χ2v) is 6.59. The van der Waals surface area contributed by atoms with E-state index in [0.29, 0.717) is 106 Å². The minimum absolute atomic E-state index is 0.0222. The van der Waals surface area contributed by atoms with Gasteiger partial charge in [0.05, 0.1) is 106 Å². The highest BCUT2D eigenvalue weighted by atomic mass is 16.6. The van der Waals surface area contributed by atoms with Crippen molar-refractivity contribution >= 4 is 0 Å². The third-order valence-electron chi connectivity index (χ3n) is 3.91. The van der Waals surface area contributed by atoms with Crippen molar-refractivity contribution in [2.45, 2.75) is 13.2 Å². The third kappa shape index (κ3) is 20.0. The lowest BCUT2D eigenvalue weighted by atomic mass is 10.4. The summed E-state index contributed by atoms with van der Waals surface area (Å²) in [5, 5.41) is 17.1. The Morgan fingerprint density at radius 1 is 0.424 bits per heavy atom. The molecule has 11 heteroatoms. The van der Waals surface area contributed by atoms with Gasteiger partial charge in [-0.25, -0.2) is 0 Å². The molecule has 0 amide bonds. The third-order valence-corrected chi connectivity index (χ3v) is 3.91. The Morgan fingerprint density at radius 2 is 0.697 bits per heavy atom. The smallest absolute Gasteiger partial charge is 0.129 e. The summed E-state index contributed by atoms with van der Waals surface area (Å²) in [6.45, 7) is 7.18. The zero-order chi connectivity index (χ0) is 23.7. The van der Waals surface area contributed by atoms with Crippen molar-refractivity contribution in [2.75, 3.05) is 106 Å². The van der Waals surface area contributed by atoms with Gasteiger partial charge < -0.3 is 52.5 Å². The van der Waals surface area contributed by atoms with Crippen LogP contribution < -0.4 is 0 Å². The standard InChI is InChI=1S/C22H40O11/c23-3-5-25-7-9-27-11-13-29-15-17-31-19-21-1-2-22(33-21)20-32-18-16-30-14-12-28-10-8-26-6-4-24/h1-2,23-24H,3-20H2. The van der Waals surface area contributed by atoms with Crippen LogP contribution in [0.25, 0.3) is 0 Å². The Bertz CT molecular complexity index is 470. The van der Waals surface area contributed by atoms with E-state index < -0.39 is 0 Å².